The van der Waals surface area contributed by atoms with Gasteiger partial charge < -0.3 is 10.0 Å². The topological polar surface area (TPSA) is 90.0 Å². The Morgan fingerprint density at radius 1 is 1.09 bits per heavy atom. The van der Waals surface area contributed by atoms with Crippen molar-refractivity contribution in [3.8, 4) is 0 Å². The number of piperazine rings is 1. The molecule has 2 aromatic rings. The second-order valence-electron chi connectivity index (χ2n) is 8.42. The van der Waals surface area contributed by atoms with E-state index in [0.29, 0.717) is 30.8 Å². The minimum Gasteiger partial charge on any atom is -0.481 e. The number of fused-ring (bicyclic) bond motifs is 1. The zero-order chi connectivity index (χ0) is 24.0. The monoisotopic (exact) mass is 483 g/mol. The molecular formula is C22H24F3N3O4S. The molecule has 4 rings (SSSR count). The highest BCUT2D eigenvalue weighted by Gasteiger charge is 2.38. The van der Waals surface area contributed by atoms with E-state index < -0.39 is 28.2 Å². The lowest BCUT2D eigenvalue weighted by atomic mass is 10.1. The van der Waals surface area contributed by atoms with Gasteiger partial charge in [0.1, 0.15) is 0 Å². The van der Waals surface area contributed by atoms with Crippen LogP contribution < -0.4 is 10.2 Å². The first-order valence-corrected chi connectivity index (χ1v) is 11.9. The average molecular weight is 484 g/mol. The molecule has 0 amide bonds. The standard InChI is InChI=1S/C22H24F3N3O4S/c1-14-13-27(18-7-5-17(6-8-18)26-22(23,24)25)9-10-28(14)33(31,32)20-4-2-3-15-11-16(21(29)30)12-19(15)20/h2-8,14,16,26H,9-13H2,1H3,(H,29,30)/t14-,16?/m0/s1. The van der Waals surface area contributed by atoms with Crippen LogP contribution in [0.5, 0.6) is 0 Å². The molecule has 0 bridgehead atoms. The molecule has 1 saturated heterocycles. The summed E-state index contributed by atoms with van der Waals surface area (Å²) >= 11 is 0. The van der Waals surface area contributed by atoms with Gasteiger partial charge in [-0.15, -0.1) is 0 Å². The van der Waals surface area contributed by atoms with Gasteiger partial charge in [-0.05, 0) is 61.2 Å². The smallest absolute Gasteiger partial charge is 0.481 e. The van der Waals surface area contributed by atoms with E-state index in [-0.39, 0.29) is 29.6 Å². The highest BCUT2D eigenvalue weighted by molar-refractivity contribution is 7.89. The number of sulfonamides is 1. The highest BCUT2D eigenvalue weighted by Crippen LogP contribution is 2.35. The van der Waals surface area contributed by atoms with Crippen LogP contribution >= 0.6 is 0 Å². The van der Waals surface area contributed by atoms with Crippen LogP contribution in [0.15, 0.2) is 47.4 Å². The number of hydrogen-bond donors (Lipinski definition) is 2. The number of carboxylic acids is 1. The van der Waals surface area contributed by atoms with Gasteiger partial charge in [0.15, 0.2) is 0 Å². The van der Waals surface area contributed by atoms with Crippen molar-refractivity contribution in [3.05, 3.63) is 53.6 Å². The lowest BCUT2D eigenvalue weighted by Gasteiger charge is -2.40. The molecule has 0 radical (unpaired) electrons. The van der Waals surface area contributed by atoms with Crippen LogP contribution in [0, 0.1) is 5.92 Å². The highest BCUT2D eigenvalue weighted by atomic mass is 32.2. The molecule has 1 heterocycles. The molecule has 2 atom stereocenters. The molecule has 7 nitrogen and oxygen atoms in total. The lowest BCUT2D eigenvalue weighted by molar-refractivity contribution is -0.141. The minimum absolute atomic E-state index is 0.0712. The first-order chi connectivity index (χ1) is 15.5. The van der Waals surface area contributed by atoms with Gasteiger partial charge in [-0.3, -0.25) is 10.1 Å². The quantitative estimate of drug-likeness (QED) is 0.635. The van der Waals surface area contributed by atoms with Crippen LogP contribution in [0.1, 0.15) is 18.1 Å². The van der Waals surface area contributed by atoms with Gasteiger partial charge in [0.25, 0.3) is 0 Å². The van der Waals surface area contributed by atoms with Gasteiger partial charge in [0.2, 0.25) is 10.0 Å². The predicted molar refractivity (Wildman–Crippen MR) is 117 cm³/mol. The van der Waals surface area contributed by atoms with E-state index >= 15 is 0 Å². The normalized spacial score (nSPS) is 21.6. The Morgan fingerprint density at radius 3 is 2.39 bits per heavy atom. The van der Waals surface area contributed by atoms with Crippen molar-refractivity contribution in [2.24, 2.45) is 5.92 Å². The summed E-state index contributed by atoms with van der Waals surface area (Å²) in [5, 5.41) is 10.8. The summed E-state index contributed by atoms with van der Waals surface area (Å²) in [4.78, 5) is 13.5. The Kier molecular flexibility index (Phi) is 6.04. The summed E-state index contributed by atoms with van der Waals surface area (Å²) < 4.78 is 65.8. The van der Waals surface area contributed by atoms with Crippen LogP contribution in [-0.2, 0) is 27.7 Å². The van der Waals surface area contributed by atoms with Gasteiger partial charge >= 0.3 is 12.3 Å². The van der Waals surface area contributed by atoms with E-state index in [4.69, 9.17) is 0 Å². The average Bonchev–Trinajstić information content (AvgIpc) is 3.17. The largest absolute Gasteiger partial charge is 0.482 e. The maximum Gasteiger partial charge on any atom is 0.482 e. The van der Waals surface area contributed by atoms with Crippen LogP contribution in [0.2, 0.25) is 0 Å². The number of alkyl halides is 3. The molecular weight excluding hydrogens is 459 g/mol. The maximum atomic E-state index is 13.5. The molecule has 0 saturated carbocycles. The molecule has 0 spiro atoms. The fourth-order valence-electron chi connectivity index (χ4n) is 4.61. The predicted octanol–water partition coefficient (Wildman–Crippen LogP) is 3.32. The van der Waals surface area contributed by atoms with E-state index in [1.165, 1.54) is 27.8 Å². The zero-order valence-electron chi connectivity index (χ0n) is 17.8. The van der Waals surface area contributed by atoms with E-state index in [2.05, 4.69) is 0 Å². The summed E-state index contributed by atoms with van der Waals surface area (Å²) in [7, 11) is -3.84. The Balaban J connectivity index is 1.50. The maximum absolute atomic E-state index is 13.5. The summed E-state index contributed by atoms with van der Waals surface area (Å²) in [6.07, 6.45) is -4.01. The van der Waals surface area contributed by atoms with Crippen LogP contribution in [-0.4, -0.2) is 55.8 Å². The van der Waals surface area contributed by atoms with E-state index in [1.54, 1.807) is 31.2 Å². The van der Waals surface area contributed by atoms with Crippen LogP contribution in [0.4, 0.5) is 24.5 Å². The lowest BCUT2D eigenvalue weighted by Crippen LogP contribution is -2.54. The molecule has 2 aromatic carbocycles. The first kappa shape index (κ1) is 23.4. The molecule has 1 aliphatic heterocycles. The fraction of sp³-hybridized carbons (Fsp3) is 0.409. The second-order valence-corrected chi connectivity index (χ2v) is 10.3. The van der Waals surface area contributed by atoms with Gasteiger partial charge in [-0.2, -0.15) is 17.5 Å². The van der Waals surface area contributed by atoms with Gasteiger partial charge in [0, 0.05) is 37.1 Å². The summed E-state index contributed by atoms with van der Waals surface area (Å²) in [5.74, 6) is -1.56. The van der Waals surface area contributed by atoms with Crippen molar-refractivity contribution in [1.82, 2.24) is 4.31 Å². The second kappa shape index (κ2) is 8.53. The number of halogens is 3. The van der Waals surface area contributed by atoms with Crippen molar-refractivity contribution < 1.29 is 31.5 Å². The summed E-state index contributed by atoms with van der Waals surface area (Å²) in [6, 6.07) is 10.4. The number of aliphatic carboxylic acids is 1. The number of anilines is 2. The molecule has 1 unspecified atom stereocenters. The van der Waals surface area contributed by atoms with Crippen molar-refractivity contribution >= 4 is 27.4 Å². The molecule has 2 N–H and O–H groups in total. The van der Waals surface area contributed by atoms with Crippen LogP contribution in [0.3, 0.4) is 0 Å². The van der Waals surface area contributed by atoms with Crippen molar-refractivity contribution in [2.45, 2.75) is 37.0 Å². The zero-order valence-corrected chi connectivity index (χ0v) is 18.7. The molecule has 1 fully saturated rings. The van der Waals surface area contributed by atoms with Gasteiger partial charge in [0.05, 0.1) is 10.8 Å². The van der Waals surface area contributed by atoms with E-state index in [9.17, 15) is 31.5 Å². The number of carbonyl (C=O) groups is 1. The first-order valence-electron chi connectivity index (χ1n) is 10.5. The Labute approximate surface area is 189 Å². The third kappa shape index (κ3) is 4.79. The molecule has 2 aliphatic rings. The number of nitrogens with zero attached hydrogens (tertiary/aromatic N) is 2. The van der Waals surface area contributed by atoms with E-state index in [1.807, 2.05) is 4.90 Å². The van der Waals surface area contributed by atoms with Crippen molar-refractivity contribution in [2.75, 3.05) is 29.9 Å². The SMILES string of the molecule is C[C@H]1CN(c2ccc(NC(F)(F)F)cc2)CCN1S(=O)(=O)c1cccc2c1CC(C(=O)O)C2. The molecule has 0 aromatic heterocycles. The van der Waals surface area contributed by atoms with Crippen molar-refractivity contribution in [3.63, 3.8) is 0 Å². The van der Waals surface area contributed by atoms with Gasteiger partial charge in [-0.1, -0.05) is 12.1 Å². The molecule has 178 valence electrons. The number of nitrogens with one attached hydrogen (secondary N) is 1. The third-order valence-electron chi connectivity index (χ3n) is 6.17. The minimum atomic E-state index is -4.52. The number of carboxylic acid groups (broad SMARTS) is 1. The molecule has 1 aliphatic carbocycles. The Hall–Kier alpha value is -2.79. The number of rotatable bonds is 5. The van der Waals surface area contributed by atoms with E-state index in [0.717, 1.165) is 5.56 Å². The molecule has 33 heavy (non-hydrogen) atoms. The Bertz CT molecular complexity index is 1150. The van der Waals surface area contributed by atoms with Crippen LogP contribution in [0.25, 0.3) is 0 Å². The van der Waals surface area contributed by atoms with Gasteiger partial charge in [-0.25, -0.2) is 8.42 Å². The van der Waals surface area contributed by atoms with Crippen molar-refractivity contribution in [1.29, 1.82) is 0 Å². The molecule has 11 heteroatoms. The fourth-order valence-corrected chi connectivity index (χ4v) is 6.50. The number of benzene rings is 2. The summed E-state index contributed by atoms with van der Waals surface area (Å²) in [6.45, 7) is 2.74. The Morgan fingerprint density at radius 2 is 1.79 bits per heavy atom. The third-order valence-corrected chi connectivity index (χ3v) is 8.27. The number of hydrogen-bond acceptors (Lipinski definition) is 5. The summed E-state index contributed by atoms with van der Waals surface area (Å²) in [5.41, 5.74) is 1.96.